The zero-order valence-corrected chi connectivity index (χ0v) is 9.31. The summed E-state index contributed by atoms with van der Waals surface area (Å²) in [6, 6.07) is 0. The van der Waals surface area contributed by atoms with Crippen LogP contribution in [0.5, 0.6) is 0 Å². The Hall–Kier alpha value is -0.410. The van der Waals surface area contributed by atoms with E-state index in [1.165, 1.54) is 25.7 Å². The SMILES string of the molecule is C=NCC1(CNCCCNC)CCC1. The monoisotopic (exact) mass is 197 g/mol. The van der Waals surface area contributed by atoms with Crippen molar-refractivity contribution in [3.05, 3.63) is 0 Å². The second kappa shape index (κ2) is 6.14. The molecule has 0 unspecified atom stereocenters. The van der Waals surface area contributed by atoms with Crippen molar-refractivity contribution >= 4 is 6.72 Å². The van der Waals surface area contributed by atoms with Gasteiger partial charge >= 0.3 is 0 Å². The van der Waals surface area contributed by atoms with Crippen molar-refractivity contribution < 1.29 is 0 Å². The molecule has 0 atom stereocenters. The Labute approximate surface area is 87.4 Å². The van der Waals surface area contributed by atoms with Gasteiger partial charge in [0.05, 0.1) is 0 Å². The third-order valence-electron chi connectivity index (χ3n) is 3.14. The quantitative estimate of drug-likeness (QED) is 0.451. The van der Waals surface area contributed by atoms with Crippen LogP contribution in [-0.4, -0.2) is 39.9 Å². The van der Waals surface area contributed by atoms with Crippen LogP contribution in [0, 0.1) is 5.41 Å². The van der Waals surface area contributed by atoms with Gasteiger partial charge in [0.25, 0.3) is 0 Å². The van der Waals surface area contributed by atoms with Crippen LogP contribution in [0.15, 0.2) is 4.99 Å². The van der Waals surface area contributed by atoms with E-state index in [2.05, 4.69) is 22.3 Å². The van der Waals surface area contributed by atoms with Crippen molar-refractivity contribution in [3.63, 3.8) is 0 Å². The molecule has 1 aliphatic carbocycles. The van der Waals surface area contributed by atoms with Gasteiger partial charge in [-0.15, -0.1) is 0 Å². The van der Waals surface area contributed by atoms with Crippen LogP contribution in [-0.2, 0) is 0 Å². The number of nitrogens with one attached hydrogen (secondary N) is 2. The molecule has 3 nitrogen and oxygen atoms in total. The minimum atomic E-state index is 0.460. The van der Waals surface area contributed by atoms with Crippen molar-refractivity contribution in [1.29, 1.82) is 0 Å². The van der Waals surface area contributed by atoms with E-state index >= 15 is 0 Å². The number of hydrogen-bond donors (Lipinski definition) is 2. The van der Waals surface area contributed by atoms with E-state index in [-0.39, 0.29) is 0 Å². The molecule has 0 bridgehead atoms. The van der Waals surface area contributed by atoms with Crippen molar-refractivity contribution in [2.24, 2.45) is 10.4 Å². The average Bonchev–Trinajstić information content (AvgIpc) is 2.13. The lowest BCUT2D eigenvalue weighted by atomic mass is 9.69. The standard InChI is InChI=1S/C11H23N3/c1-12-7-4-8-14-10-11(9-13-2)5-3-6-11/h12,14H,2-10H2,1H3. The summed E-state index contributed by atoms with van der Waals surface area (Å²) < 4.78 is 0. The van der Waals surface area contributed by atoms with E-state index in [4.69, 9.17) is 0 Å². The Morgan fingerprint density at radius 2 is 2.14 bits per heavy atom. The summed E-state index contributed by atoms with van der Waals surface area (Å²) in [4.78, 5) is 4.04. The highest BCUT2D eigenvalue weighted by molar-refractivity contribution is 5.23. The Bertz CT molecular complexity index is 164. The van der Waals surface area contributed by atoms with Crippen LogP contribution in [0.2, 0.25) is 0 Å². The molecular weight excluding hydrogens is 174 g/mol. The number of hydrogen-bond acceptors (Lipinski definition) is 3. The first-order valence-corrected chi connectivity index (χ1v) is 5.61. The molecule has 1 fully saturated rings. The van der Waals surface area contributed by atoms with Crippen LogP contribution in [0.25, 0.3) is 0 Å². The van der Waals surface area contributed by atoms with Gasteiger partial charge in [0.15, 0.2) is 0 Å². The van der Waals surface area contributed by atoms with Crippen molar-refractivity contribution in [1.82, 2.24) is 10.6 Å². The van der Waals surface area contributed by atoms with Gasteiger partial charge in [-0.25, -0.2) is 0 Å². The average molecular weight is 197 g/mol. The molecule has 0 amide bonds. The fourth-order valence-corrected chi connectivity index (χ4v) is 2.05. The van der Waals surface area contributed by atoms with Crippen molar-refractivity contribution in [2.75, 3.05) is 33.2 Å². The van der Waals surface area contributed by atoms with E-state index in [0.717, 1.165) is 26.2 Å². The normalized spacial score (nSPS) is 18.9. The molecule has 0 aromatic rings. The summed E-state index contributed by atoms with van der Waals surface area (Å²) in [5.41, 5.74) is 0.460. The van der Waals surface area contributed by atoms with Crippen LogP contribution in [0.1, 0.15) is 25.7 Å². The molecule has 0 spiro atoms. The largest absolute Gasteiger partial charge is 0.320 e. The zero-order valence-electron chi connectivity index (χ0n) is 9.31. The maximum Gasteiger partial charge on any atom is 0.0450 e. The summed E-state index contributed by atoms with van der Waals surface area (Å²) in [6.45, 7) is 7.86. The Morgan fingerprint density at radius 3 is 2.64 bits per heavy atom. The van der Waals surface area contributed by atoms with E-state index in [1.807, 2.05) is 7.05 Å². The van der Waals surface area contributed by atoms with Crippen LogP contribution in [0.4, 0.5) is 0 Å². The molecule has 0 radical (unpaired) electrons. The second-order valence-electron chi connectivity index (χ2n) is 4.37. The first-order valence-electron chi connectivity index (χ1n) is 5.61. The van der Waals surface area contributed by atoms with E-state index < -0.39 is 0 Å². The molecule has 82 valence electrons. The Kier molecular flexibility index (Phi) is 5.12. The zero-order chi connectivity index (χ0) is 10.3. The minimum absolute atomic E-state index is 0.460. The molecule has 0 aromatic carbocycles. The molecule has 3 heteroatoms. The van der Waals surface area contributed by atoms with Gasteiger partial charge in [-0.1, -0.05) is 6.42 Å². The summed E-state index contributed by atoms with van der Waals surface area (Å²) in [5.74, 6) is 0. The van der Waals surface area contributed by atoms with Crippen LogP contribution < -0.4 is 10.6 Å². The highest BCUT2D eigenvalue weighted by atomic mass is 14.9. The van der Waals surface area contributed by atoms with Crippen molar-refractivity contribution in [2.45, 2.75) is 25.7 Å². The minimum Gasteiger partial charge on any atom is -0.320 e. The predicted molar refractivity (Wildman–Crippen MR) is 62.1 cm³/mol. The first kappa shape index (κ1) is 11.7. The summed E-state index contributed by atoms with van der Waals surface area (Å²) in [6.07, 6.45) is 5.22. The van der Waals surface area contributed by atoms with Gasteiger partial charge < -0.3 is 15.6 Å². The van der Waals surface area contributed by atoms with Gasteiger partial charge in [0, 0.05) is 18.5 Å². The molecule has 14 heavy (non-hydrogen) atoms. The molecule has 1 saturated carbocycles. The van der Waals surface area contributed by atoms with Gasteiger partial charge in [0.2, 0.25) is 0 Å². The topological polar surface area (TPSA) is 36.4 Å². The number of rotatable bonds is 8. The fourth-order valence-electron chi connectivity index (χ4n) is 2.05. The molecule has 0 aromatic heterocycles. The molecule has 0 heterocycles. The maximum atomic E-state index is 4.04. The molecular formula is C11H23N3. The fraction of sp³-hybridized carbons (Fsp3) is 0.909. The predicted octanol–water partition coefficient (Wildman–Crippen LogP) is 1.06. The lowest BCUT2D eigenvalue weighted by Gasteiger charge is -2.41. The smallest absolute Gasteiger partial charge is 0.0450 e. The number of nitrogens with zero attached hydrogens (tertiary/aromatic N) is 1. The summed E-state index contributed by atoms with van der Waals surface area (Å²) in [5, 5.41) is 6.67. The van der Waals surface area contributed by atoms with Gasteiger partial charge in [-0.3, -0.25) is 0 Å². The third kappa shape index (κ3) is 3.39. The highest BCUT2D eigenvalue weighted by Crippen LogP contribution is 2.40. The molecule has 0 saturated heterocycles. The molecule has 0 aliphatic heterocycles. The van der Waals surface area contributed by atoms with Gasteiger partial charge in [0.1, 0.15) is 0 Å². The lowest BCUT2D eigenvalue weighted by molar-refractivity contribution is 0.142. The lowest BCUT2D eigenvalue weighted by Crippen LogP contribution is -2.42. The summed E-state index contributed by atoms with van der Waals surface area (Å²) in [7, 11) is 2.00. The maximum absolute atomic E-state index is 4.04. The van der Waals surface area contributed by atoms with Crippen molar-refractivity contribution in [3.8, 4) is 0 Å². The first-order chi connectivity index (χ1) is 6.83. The summed E-state index contributed by atoms with van der Waals surface area (Å²) >= 11 is 0. The van der Waals surface area contributed by atoms with Gasteiger partial charge in [-0.2, -0.15) is 0 Å². The second-order valence-corrected chi connectivity index (χ2v) is 4.37. The highest BCUT2D eigenvalue weighted by Gasteiger charge is 2.35. The van der Waals surface area contributed by atoms with E-state index in [9.17, 15) is 0 Å². The molecule has 1 rings (SSSR count). The molecule has 2 N–H and O–H groups in total. The Balaban J connectivity index is 2.06. The Morgan fingerprint density at radius 1 is 1.36 bits per heavy atom. The number of aliphatic imine (C=N–C) groups is 1. The van der Waals surface area contributed by atoms with Gasteiger partial charge in [-0.05, 0) is 46.1 Å². The third-order valence-corrected chi connectivity index (χ3v) is 3.14. The van der Waals surface area contributed by atoms with Crippen LogP contribution in [0.3, 0.4) is 0 Å². The molecule has 1 aliphatic rings. The van der Waals surface area contributed by atoms with Crippen LogP contribution >= 0.6 is 0 Å². The van der Waals surface area contributed by atoms with E-state index in [1.54, 1.807) is 0 Å². The van der Waals surface area contributed by atoms with E-state index in [0.29, 0.717) is 5.41 Å².